The molecule has 0 aliphatic heterocycles. The monoisotopic (exact) mass is 206 g/mol. The van der Waals surface area contributed by atoms with E-state index in [1.165, 1.54) is 11.8 Å². The fourth-order valence-corrected chi connectivity index (χ4v) is 1.19. The molecule has 2 aromatic rings. The molecule has 2 rings (SSSR count). The number of ether oxygens (including phenoxy) is 1. The molecule has 0 aliphatic rings. The van der Waals surface area contributed by atoms with Crippen LogP contribution in [-0.2, 0) is 7.05 Å². The van der Waals surface area contributed by atoms with E-state index in [2.05, 4.69) is 20.5 Å². The van der Waals surface area contributed by atoms with Gasteiger partial charge >= 0.3 is 0 Å². The van der Waals surface area contributed by atoms with Gasteiger partial charge < -0.3 is 10.5 Å². The summed E-state index contributed by atoms with van der Waals surface area (Å²) in [4.78, 5) is 4.18. The number of nitrogens with two attached hydrogens (primary N) is 1. The molecule has 15 heavy (non-hydrogen) atoms. The molecule has 78 valence electrons. The van der Waals surface area contributed by atoms with E-state index in [-0.39, 0.29) is 0 Å². The molecule has 2 N–H and O–H groups in total. The first-order chi connectivity index (χ1) is 7.22. The highest BCUT2D eigenvalue weighted by molar-refractivity contribution is 5.57. The number of nitrogen functional groups attached to an aromatic ring is 1. The van der Waals surface area contributed by atoms with Crippen LogP contribution in [0.1, 0.15) is 0 Å². The highest BCUT2D eigenvalue weighted by Gasteiger charge is 2.10. The molecule has 2 heterocycles. The summed E-state index contributed by atoms with van der Waals surface area (Å²) in [6.45, 7) is 0. The Labute approximate surface area is 85.9 Å². The van der Waals surface area contributed by atoms with Crippen LogP contribution in [-0.4, -0.2) is 32.3 Å². The third-order valence-electron chi connectivity index (χ3n) is 1.93. The number of tetrazole rings is 1. The molecule has 0 spiro atoms. The molecule has 0 saturated carbocycles. The van der Waals surface area contributed by atoms with Gasteiger partial charge in [-0.05, 0) is 22.6 Å². The third-order valence-corrected chi connectivity index (χ3v) is 1.93. The van der Waals surface area contributed by atoms with Crippen LogP contribution in [0, 0.1) is 0 Å². The number of hydrogen-bond donors (Lipinski definition) is 1. The number of hydrogen-bond acceptors (Lipinski definition) is 6. The number of aromatic nitrogens is 5. The van der Waals surface area contributed by atoms with Crippen LogP contribution in [0.5, 0.6) is 5.88 Å². The van der Waals surface area contributed by atoms with Gasteiger partial charge in [0.05, 0.1) is 12.8 Å². The SMILES string of the molecule is COc1nc(-c2nnnn2C)ccc1N. The standard InChI is InChI=1S/C8H10N6O/c1-14-7(11-12-13-14)6-4-3-5(9)8(10-6)15-2/h3-4H,9H2,1-2H3. The van der Waals surface area contributed by atoms with Crippen molar-refractivity contribution in [3.05, 3.63) is 12.1 Å². The molecule has 0 fully saturated rings. The zero-order valence-corrected chi connectivity index (χ0v) is 8.38. The summed E-state index contributed by atoms with van der Waals surface area (Å²) in [6, 6.07) is 3.44. The smallest absolute Gasteiger partial charge is 0.237 e. The fraction of sp³-hybridized carbons (Fsp3) is 0.250. The molecule has 7 heteroatoms. The lowest BCUT2D eigenvalue weighted by Crippen LogP contribution is -2.00. The van der Waals surface area contributed by atoms with Gasteiger partial charge in [0.15, 0.2) is 0 Å². The van der Waals surface area contributed by atoms with Gasteiger partial charge in [0.2, 0.25) is 11.7 Å². The topological polar surface area (TPSA) is 91.7 Å². The van der Waals surface area contributed by atoms with E-state index >= 15 is 0 Å². The zero-order chi connectivity index (χ0) is 10.8. The van der Waals surface area contributed by atoms with E-state index in [9.17, 15) is 0 Å². The highest BCUT2D eigenvalue weighted by atomic mass is 16.5. The summed E-state index contributed by atoms with van der Waals surface area (Å²) in [5, 5.41) is 11.1. The van der Waals surface area contributed by atoms with Gasteiger partial charge in [-0.25, -0.2) is 9.67 Å². The molecule has 2 aromatic heterocycles. The van der Waals surface area contributed by atoms with Gasteiger partial charge in [-0.3, -0.25) is 0 Å². The average Bonchev–Trinajstić information content (AvgIpc) is 2.65. The Balaban J connectivity index is 2.51. The Hall–Kier alpha value is -2.18. The Morgan fingerprint density at radius 2 is 2.20 bits per heavy atom. The summed E-state index contributed by atoms with van der Waals surface area (Å²) in [5.74, 6) is 0.934. The van der Waals surface area contributed by atoms with Gasteiger partial charge in [0.25, 0.3) is 0 Å². The van der Waals surface area contributed by atoms with Crippen LogP contribution in [0.15, 0.2) is 12.1 Å². The van der Waals surface area contributed by atoms with Crippen molar-refractivity contribution in [2.75, 3.05) is 12.8 Å². The van der Waals surface area contributed by atoms with Crippen molar-refractivity contribution in [2.45, 2.75) is 0 Å². The quantitative estimate of drug-likeness (QED) is 0.735. The second-order valence-corrected chi connectivity index (χ2v) is 2.92. The van der Waals surface area contributed by atoms with E-state index in [1.807, 2.05) is 0 Å². The van der Waals surface area contributed by atoms with E-state index in [0.717, 1.165) is 0 Å². The summed E-state index contributed by atoms with van der Waals surface area (Å²) < 4.78 is 6.54. The minimum atomic E-state index is 0.371. The maximum atomic E-state index is 5.65. The first kappa shape index (κ1) is 9.38. The minimum Gasteiger partial charge on any atom is -0.480 e. The van der Waals surface area contributed by atoms with Crippen molar-refractivity contribution in [2.24, 2.45) is 7.05 Å². The van der Waals surface area contributed by atoms with Crippen LogP contribution in [0.3, 0.4) is 0 Å². The number of nitrogens with zero attached hydrogens (tertiary/aromatic N) is 5. The van der Waals surface area contributed by atoms with E-state index in [0.29, 0.717) is 23.1 Å². The molecule has 0 unspecified atom stereocenters. The third kappa shape index (κ3) is 1.58. The van der Waals surface area contributed by atoms with E-state index in [4.69, 9.17) is 10.5 Å². The predicted molar refractivity (Wildman–Crippen MR) is 53.0 cm³/mol. The summed E-state index contributed by atoms with van der Waals surface area (Å²) >= 11 is 0. The van der Waals surface area contributed by atoms with Gasteiger partial charge in [-0.15, -0.1) is 5.10 Å². The molecule has 0 atom stereocenters. The molecule has 0 bridgehead atoms. The van der Waals surface area contributed by atoms with Crippen molar-refractivity contribution in [3.8, 4) is 17.4 Å². The van der Waals surface area contributed by atoms with Gasteiger partial charge in [0.1, 0.15) is 5.69 Å². The molecule has 0 amide bonds. The Morgan fingerprint density at radius 3 is 2.80 bits per heavy atom. The number of anilines is 1. The van der Waals surface area contributed by atoms with E-state index in [1.54, 1.807) is 19.2 Å². The number of aryl methyl sites for hydroxylation is 1. The average molecular weight is 206 g/mol. The first-order valence-electron chi connectivity index (χ1n) is 4.25. The molecule has 7 nitrogen and oxygen atoms in total. The van der Waals surface area contributed by atoms with Crippen LogP contribution in [0.2, 0.25) is 0 Å². The molecular weight excluding hydrogens is 196 g/mol. The Bertz CT molecular complexity index is 480. The fourth-order valence-electron chi connectivity index (χ4n) is 1.19. The summed E-state index contributed by atoms with van der Waals surface area (Å²) in [7, 11) is 3.25. The van der Waals surface area contributed by atoms with Gasteiger partial charge in [-0.2, -0.15) is 0 Å². The zero-order valence-electron chi connectivity index (χ0n) is 8.38. The van der Waals surface area contributed by atoms with Crippen molar-refractivity contribution >= 4 is 5.69 Å². The number of pyridine rings is 1. The second kappa shape index (κ2) is 3.52. The molecule has 0 saturated heterocycles. The highest BCUT2D eigenvalue weighted by Crippen LogP contribution is 2.22. The van der Waals surface area contributed by atoms with Gasteiger partial charge in [-0.1, -0.05) is 0 Å². The number of methoxy groups -OCH3 is 1. The number of rotatable bonds is 2. The van der Waals surface area contributed by atoms with Crippen LogP contribution in [0.25, 0.3) is 11.5 Å². The molecule has 0 aliphatic carbocycles. The van der Waals surface area contributed by atoms with Crippen molar-refractivity contribution in [1.29, 1.82) is 0 Å². The lowest BCUT2D eigenvalue weighted by molar-refractivity contribution is 0.400. The van der Waals surface area contributed by atoms with Crippen molar-refractivity contribution in [1.82, 2.24) is 25.2 Å². The van der Waals surface area contributed by atoms with Crippen molar-refractivity contribution < 1.29 is 4.74 Å². The van der Waals surface area contributed by atoms with Crippen molar-refractivity contribution in [3.63, 3.8) is 0 Å². The normalized spacial score (nSPS) is 10.3. The maximum absolute atomic E-state index is 5.65. The summed E-state index contributed by atoms with van der Waals surface area (Å²) in [5.41, 5.74) is 6.75. The van der Waals surface area contributed by atoms with Gasteiger partial charge in [0, 0.05) is 7.05 Å². The summed E-state index contributed by atoms with van der Waals surface area (Å²) in [6.07, 6.45) is 0. The second-order valence-electron chi connectivity index (χ2n) is 2.92. The van der Waals surface area contributed by atoms with E-state index < -0.39 is 0 Å². The molecule has 0 radical (unpaired) electrons. The largest absolute Gasteiger partial charge is 0.480 e. The first-order valence-corrected chi connectivity index (χ1v) is 4.25. The molecule has 0 aromatic carbocycles. The van der Waals surface area contributed by atoms with Crippen LogP contribution in [0.4, 0.5) is 5.69 Å². The Morgan fingerprint density at radius 1 is 1.40 bits per heavy atom. The predicted octanol–water partition coefficient (Wildman–Crippen LogP) is -0.137. The lowest BCUT2D eigenvalue weighted by Gasteiger charge is -2.04. The van der Waals surface area contributed by atoms with Crippen LogP contribution >= 0.6 is 0 Å². The maximum Gasteiger partial charge on any atom is 0.237 e. The Kier molecular flexibility index (Phi) is 2.20. The minimum absolute atomic E-state index is 0.371. The molecular formula is C8H10N6O. The van der Waals surface area contributed by atoms with Crippen LogP contribution < -0.4 is 10.5 Å². The lowest BCUT2D eigenvalue weighted by atomic mass is 10.3.